The third-order valence-electron chi connectivity index (χ3n) is 4.65. The summed E-state index contributed by atoms with van der Waals surface area (Å²) in [5, 5.41) is 3.41. The molecule has 1 aromatic heterocycles. The van der Waals surface area contributed by atoms with Crippen molar-refractivity contribution in [1.29, 1.82) is 0 Å². The van der Waals surface area contributed by atoms with Gasteiger partial charge >= 0.3 is 0 Å². The Labute approximate surface area is 127 Å². The van der Waals surface area contributed by atoms with Crippen molar-refractivity contribution in [2.75, 3.05) is 18.5 Å². The average Bonchev–Trinajstić information content (AvgIpc) is 2.47. The molecule has 0 aromatic carbocycles. The minimum Gasteiger partial charge on any atom is -0.376 e. The number of hydrogen-bond donors (Lipinski definition) is 1. The highest BCUT2D eigenvalue weighted by molar-refractivity contribution is 5.47. The molecule has 0 saturated heterocycles. The number of nitrogens with one attached hydrogen (secondary N) is 1. The standard InChI is InChI=1S/C17H27N3O/c1-2-18-17-14-12-21-11-10-15(14)19-16(20-17)13-8-6-4-3-5-7-9-13/h13H,2-12H2,1H3,(H,18,19,20). The number of hydrogen-bond acceptors (Lipinski definition) is 4. The first-order chi connectivity index (χ1) is 10.4. The molecular weight excluding hydrogens is 262 g/mol. The molecule has 2 heterocycles. The third kappa shape index (κ3) is 3.54. The van der Waals surface area contributed by atoms with Crippen LogP contribution in [0.2, 0.25) is 0 Å². The zero-order valence-electron chi connectivity index (χ0n) is 13.2. The van der Waals surface area contributed by atoms with Gasteiger partial charge in [0.15, 0.2) is 0 Å². The SMILES string of the molecule is CCNc1nc(C2CCCCCCC2)nc2c1COCC2. The van der Waals surface area contributed by atoms with Gasteiger partial charge in [-0.25, -0.2) is 9.97 Å². The molecule has 4 nitrogen and oxygen atoms in total. The highest BCUT2D eigenvalue weighted by Gasteiger charge is 2.22. The van der Waals surface area contributed by atoms with E-state index in [0.29, 0.717) is 12.5 Å². The Bertz CT molecular complexity index is 467. The molecule has 1 saturated carbocycles. The van der Waals surface area contributed by atoms with Gasteiger partial charge in [0.2, 0.25) is 0 Å². The molecular formula is C17H27N3O. The molecule has 1 aromatic rings. The van der Waals surface area contributed by atoms with Gasteiger partial charge in [-0.2, -0.15) is 0 Å². The van der Waals surface area contributed by atoms with Gasteiger partial charge in [0.1, 0.15) is 11.6 Å². The van der Waals surface area contributed by atoms with Crippen LogP contribution in [0.3, 0.4) is 0 Å². The highest BCUT2D eigenvalue weighted by Crippen LogP contribution is 2.31. The molecule has 1 aliphatic carbocycles. The van der Waals surface area contributed by atoms with E-state index in [9.17, 15) is 0 Å². The van der Waals surface area contributed by atoms with Crippen LogP contribution in [-0.2, 0) is 17.8 Å². The summed E-state index contributed by atoms with van der Waals surface area (Å²) in [5.74, 6) is 2.64. The Morgan fingerprint density at radius 2 is 1.86 bits per heavy atom. The van der Waals surface area contributed by atoms with Crippen molar-refractivity contribution in [3.8, 4) is 0 Å². The summed E-state index contributed by atoms with van der Waals surface area (Å²) in [7, 11) is 0. The summed E-state index contributed by atoms with van der Waals surface area (Å²) in [4.78, 5) is 9.79. The lowest BCUT2D eigenvalue weighted by Gasteiger charge is -2.23. The smallest absolute Gasteiger partial charge is 0.135 e. The molecule has 0 radical (unpaired) electrons. The maximum atomic E-state index is 5.58. The van der Waals surface area contributed by atoms with Gasteiger partial charge in [-0.3, -0.25) is 0 Å². The van der Waals surface area contributed by atoms with Gasteiger partial charge < -0.3 is 10.1 Å². The van der Waals surface area contributed by atoms with Crippen LogP contribution >= 0.6 is 0 Å². The van der Waals surface area contributed by atoms with Crippen molar-refractivity contribution in [3.05, 3.63) is 17.1 Å². The van der Waals surface area contributed by atoms with E-state index in [1.807, 2.05) is 0 Å². The molecule has 0 unspecified atom stereocenters. The van der Waals surface area contributed by atoms with Gasteiger partial charge in [0, 0.05) is 24.4 Å². The van der Waals surface area contributed by atoms with Crippen LogP contribution in [0.15, 0.2) is 0 Å². The fraction of sp³-hybridized carbons (Fsp3) is 0.765. The minimum absolute atomic E-state index is 0.552. The van der Waals surface area contributed by atoms with Crippen molar-refractivity contribution < 1.29 is 4.74 Å². The second kappa shape index (κ2) is 7.21. The molecule has 4 heteroatoms. The van der Waals surface area contributed by atoms with Crippen LogP contribution in [-0.4, -0.2) is 23.1 Å². The summed E-state index contributed by atoms with van der Waals surface area (Å²) in [6.45, 7) is 4.46. The van der Waals surface area contributed by atoms with Gasteiger partial charge in [-0.15, -0.1) is 0 Å². The fourth-order valence-corrected chi connectivity index (χ4v) is 3.46. The largest absolute Gasteiger partial charge is 0.376 e. The van der Waals surface area contributed by atoms with E-state index in [1.165, 1.54) is 56.2 Å². The topological polar surface area (TPSA) is 47.0 Å². The zero-order valence-corrected chi connectivity index (χ0v) is 13.2. The highest BCUT2D eigenvalue weighted by atomic mass is 16.5. The van der Waals surface area contributed by atoms with E-state index in [4.69, 9.17) is 14.7 Å². The Morgan fingerprint density at radius 3 is 2.62 bits per heavy atom. The van der Waals surface area contributed by atoms with Crippen LogP contribution in [0.25, 0.3) is 0 Å². The summed E-state index contributed by atoms with van der Waals surface area (Å²) >= 11 is 0. The predicted molar refractivity (Wildman–Crippen MR) is 84.6 cm³/mol. The molecule has 0 atom stereocenters. The number of anilines is 1. The van der Waals surface area contributed by atoms with Gasteiger partial charge in [-0.1, -0.05) is 32.1 Å². The van der Waals surface area contributed by atoms with Crippen molar-refractivity contribution in [2.45, 2.75) is 70.8 Å². The van der Waals surface area contributed by atoms with E-state index in [1.54, 1.807) is 0 Å². The summed E-state index contributed by atoms with van der Waals surface area (Å²) in [6, 6.07) is 0. The normalized spacial score (nSPS) is 20.4. The lowest BCUT2D eigenvalue weighted by atomic mass is 9.90. The molecule has 3 rings (SSSR count). The van der Waals surface area contributed by atoms with Crippen molar-refractivity contribution >= 4 is 5.82 Å². The molecule has 1 N–H and O–H groups in total. The number of fused-ring (bicyclic) bond motifs is 1. The number of aromatic nitrogens is 2. The monoisotopic (exact) mass is 289 g/mol. The van der Waals surface area contributed by atoms with Crippen LogP contribution in [0, 0.1) is 0 Å². The summed E-state index contributed by atoms with van der Waals surface area (Å²) in [5.41, 5.74) is 2.39. The maximum absolute atomic E-state index is 5.58. The molecule has 21 heavy (non-hydrogen) atoms. The lowest BCUT2D eigenvalue weighted by Crippen LogP contribution is -2.19. The molecule has 116 valence electrons. The van der Waals surface area contributed by atoms with Crippen LogP contribution in [0.1, 0.15) is 74.9 Å². The van der Waals surface area contributed by atoms with Gasteiger partial charge in [-0.05, 0) is 19.8 Å². The van der Waals surface area contributed by atoms with E-state index >= 15 is 0 Å². The quantitative estimate of drug-likeness (QED) is 0.919. The van der Waals surface area contributed by atoms with E-state index < -0.39 is 0 Å². The van der Waals surface area contributed by atoms with E-state index in [-0.39, 0.29) is 0 Å². The third-order valence-corrected chi connectivity index (χ3v) is 4.65. The number of nitrogens with zero attached hydrogens (tertiary/aromatic N) is 2. The second-order valence-corrected chi connectivity index (χ2v) is 6.23. The first kappa shape index (κ1) is 14.8. The Morgan fingerprint density at radius 1 is 1.10 bits per heavy atom. The Kier molecular flexibility index (Phi) is 5.07. The molecule has 0 spiro atoms. The van der Waals surface area contributed by atoms with Crippen molar-refractivity contribution in [2.24, 2.45) is 0 Å². The predicted octanol–water partition coefficient (Wildman–Crippen LogP) is 3.81. The lowest BCUT2D eigenvalue weighted by molar-refractivity contribution is 0.109. The van der Waals surface area contributed by atoms with E-state index in [0.717, 1.165) is 31.2 Å². The molecule has 0 amide bonds. The summed E-state index contributed by atoms with van der Waals surface area (Å²) < 4.78 is 5.58. The van der Waals surface area contributed by atoms with Gasteiger partial charge in [0.05, 0.1) is 18.9 Å². The molecule has 0 bridgehead atoms. The van der Waals surface area contributed by atoms with E-state index in [2.05, 4.69) is 12.2 Å². The van der Waals surface area contributed by atoms with Crippen LogP contribution in [0.5, 0.6) is 0 Å². The zero-order chi connectivity index (χ0) is 14.5. The van der Waals surface area contributed by atoms with Crippen LogP contribution in [0.4, 0.5) is 5.82 Å². The first-order valence-corrected chi connectivity index (χ1v) is 8.59. The first-order valence-electron chi connectivity index (χ1n) is 8.59. The Balaban J connectivity index is 1.88. The maximum Gasteiger partial charge on any atom is 0.135 e. The molecule has 2 aliphatic rings. The van der Waals surface area contributed by atoms with Crippen molar-refractivity contribution in [3.63, 3.8) is 0 Å². The fourth-order valence-electron chi connectivity index (χ4n) is 3.46. The minimum atomic E-state index is 0.552. The Hall–Kier alpha value is -1.16. The van der Waals surface area contributed by atoms with Crippen molar-refractivity contribution in [1.82, 2.24) is 9.97 Å². The number of ether oxygens (including phenoxy) is 1. The molecule has 1 aliphatic heterocycles. The molecule has 1 fully saturated rings. The number of rotatable bonds is 3. The second-order valence-electron chi connectivity index (χ2n) is 6.23. The summed E-state index contributed by atoms with van der Waals surface area (Å²) in [6.07, 6.45) is 10.2. The average molecular weight is 289 g/mol. The van der Waals surface area contributed by atoms with Crippen LogP contribution < -0.4 is 5.32 Å². The van der Waals surface area contributed by atoms with Gasteiger partial charge in [0.25, 0.3) is 0 Å².